The highest BCUT2D eigenvalue weighted by atomic mass is 79.9. The first-order chi connectivity index (χ1) is 14.2. The number of nitrogens with one attached hydrogen (secondary N) is 1. The Kier molecular flexibility index (Phi) is 5.44. The Morgan fingerprint density at radius 2 is 1.66 bits per heavy atom. The summed E-state index contributed by atoms with van der Waals surface area (Å²) in [5.74, 6) is 0.514. The minimum Gasteiger partial charge on any atom is -0.497 e. The van der Waals surface area contributed by atoms with Crippen LogP contribution >= 0.6 is 15.9 Å². The van der Waals surface area contributed by atoms with Gasteiger partial charge in [-0.25, -0.2) is 4.68 Å². The van der Waals surface area contributed by atoms with Crippen LogP contribution in [0.3, 0.4) is 0 Å². The Morgan fingerprint density at radius 3 is 2.34 bits per heavy atom. The lowest BCUT2D eigenvalue weighted by Crippen LogP contribution is -2.12. The van der Waals surface area contributed by atoms with Gasteiger partial charge in [0.05, 0.1) is 24.0 Å². The molecule has 0 aliphatic rings. The van der Waals surface area contributed by atoms with E-state index in [9.17, 15) is 4.79 Å². The van der Waals surface area contributed by atoms with Crippen molar-refractivity contribution in [2.45, 2.75) is 0 Å². The molecule has 144 valence electrons. The lowest BCUT2D eigenvalue weighted by Gasteiger charge is -2.07. The second-order valence-electron chi connectivity index (χ2n) is 6.33. The number of amides is 1. The van der Waals surface area contributed by atoms with Gasteiger partial charge in [0.1, 0.15) is 11.4 Å². The first kappa shape index (κ1) is 19.0. The number of ether oxygens (including phenoxy) is 1. The highest BCUT2D eigenvalue weighted by molar-refractivity contribution is 9.10. The van der Waals surface area contributed by atoms with Gasteiger partial charge in [-0.3, -0.25) is 4.79 Å². The maximum Gasteiger partial charge on any atom is 0.259 e. The molecular formula is C23H18BrN3O2. The summed E-state index contributed by atoms with van der Waals surface area (Å²) in [5.41, 5.74) is 3.49. The van der Waals surface area contributed by atoms with Crippen molar-refractivity contribution < 1.29 is 9.53 Å². The van der Waals surface area contributed by atoms with Gasteiger partial charge < -0.3 is 10.1 Å². The molecule has 1 heterocycles. The number of hydrogen-bond acceptors (Lipinski definition) is 3. The van der Waals surface area contributed by atoms with Crippen molar-refractivity contribution in [1.29, 1.82) is 0 Å². The van der Waals surface area contributed by atoms with Gasteiger partial charge in [0.15, 0.2) is 0 Å². The minimum absolute atomic E-state index is 0.232. The predicted octanol–water partition coefficient (Wildman–Crippen LogP) is 5.56. The minimum atomic E-state index is -0.232. The summed E-state index contributed by atoms with van der Waals surface area (Å²) in [4.78, 5) is 13.1. The lowest BCUT2D eigenvalue weighted by molar-refractivity contribution is 0.102. The number of carbonyl (C=O) groups excluding carboxylic acids is 1. The van der Waals surface area contributed by atoms with Gasteiger partial charge in [-0.15, -0.1) is 0 Å². The third-order valence-electron chi connectivity index (χ3n) is 4.47. The largest absolute Gasteiger partial charge is 0.497 e. The van der Waals surface area contributed by atoms with Crippen LogP contribution in [0.2, 0.25) is 0 Å². The second-order valence-corrected chi connectivity index (χ2v) is 7.19. The second kappa shape index (κ2) is 8.32. The topological polar surface area (TPSA) is 56.2 Å². The van der Waals surface area contributed by atoms with Gasteiger partial charge in [0.2, 0.25) is 0 Å². The van der Waals surface area contributed by atoms with Crippen LogP contribution in [0.15, 0.2) is 89.5 Å². The quantitative estimate of drug-likeness (QED) is 0.435. The number of nitrogens with zero attached hydrogens (tertiary/aromatic N) is 2. The molecule has 0 unspecified atom stereocenters. The molecule has 5 nitrogen and oxygen atoms in total. The van der Waals surface area contributed by atoms with Crippen molar-refractivity contribution in [2.75, 3.05) is 12.4 Å². The molecule has 1 aromatic heterocycles. The molecule has 0 spiro atoms. The fraction of sp³-hybridized carbons (Fsp3) is 0.0435. The van der Waals surface area contributed by atoms with E-state index in [0.29, 0.717) is 16.9 Å². The molecule has 0 bridgehead atoms. The van der Waals surface area contributed by atoms with E-state index in [1.54, 1.807) is 18.0 Å². The van der Waals surface area contributed by atoms with Crippen LogP contribution in [0.4, 0.5) is 5.69 Å². The summed E-state index contributed by atoms with van der Waals surface area (Å²) in [5, 5.41) is 7.65. The zero-order valence-corrected chi connectivity index (χ0v) is 17.3. The molecule has 0 atom stereocenters. The summed E-state index contributed by atoms with van der Waals surface area (Å²) in [6.07, 6.45) is 1.75. The third kappa shape index (κ3) is 4.07. The van der Waals surface area contributed by atoms with E-state index in [4.69, 9.17) is 9.84 Å². The van der Waals surface area contributed by atoms with Gasteiger partial charge in [0, 0.05) is 16.2 Å². The Hall–Kier alpha value is -3.38. The van der Waals surface area contributed by atoms with Crippen molar-refractivity contribution in [3.05, 3.63) is 95.1 Å². The molecule has 1 amide bonds. The van der Waals surface area contributed by atoms with Gasteiger partial charge in [-0.2, -0.15) is 5.10 Å². The molecule has 29 heavy (non-hydrogen) atoms. The van der Waals surface area contributed by atoms with Gasteiger partial charge in [-0.05, 0) is 64.5 Å². The van der Waals surface area contributed by atoms with Crippen LogP contribution < -0.4 is 10.1 Å². The molecule has 4 rings (SSSR count). The molecule has 4 aromatic rings. The van der Waals surface area contributed by atoms with E-state index in [-0.39, 0.29) is 5.91 Å². The van der Waals surface area contributed by atoms with Crippen LogP contribution in [0.25, 0.3) is 16.9 Å². The smallest absolute Gasteiger partial charge is 0.259 e. The SMILES string of the molecule is COc1ccc(-c2nn(-c3ccccc3)cc2C(=O)Nc2ccccc2Br)cc1. The Balaban J connectivity index is 1.77. The number of hydrogen-bond donors (Lipinski definition) is 1. The molecule has 0 radical (unpaired) electrons. The maximum atomic E-state index is 13.1. The van der Waals surface area contributed by atoms with E-state index in [1.807, 2.05) is 78.9 Å². The maximum absolute atomic E-state index is 13.1. The first-order valence-corrected chi connectivity index (χ1v) is 9.80. The van der Waals surface area contributed by atoms with Crippen molar-refractivity contribution >= 4 is 27.5 Å². The zero-order chi connectivity index (χ0) is 20.2. The fourth-order valence-electron chi connectivity index (χ4n) is 2.97. The number of benzene rings is 3. The zero-order valence-electron chi connectivity index (χ0n) is 15.7. The van der Waals surface area contributed by atoms with Crippen molar-refractivity contribution in [2.24, 2.45) is 0 Å². The Morgan fingerprint density at radius 1 is 0.966 bits per heavy atom. The van der Waals surface area contributed by atoms with Gasteiger partial charge in [0.25, 0.3) is 5.91 Å². The highest BCUT2D eigenvalue weighted by Crippen LogP contribution is 2.28. The molecule has 0 saturated carbocycles. The van der Waals surface area contributed by atoms with Crippen LogP contribution in [0, 0.1) is 0 Å². The number of para-hydroxylation sites is 2. The molecule has 1 N–H and O–H groups in total. The lowest BCUT2D eigenvalue weighted by atomic mass is 10.1. The first-order valence-electron chi connectivity index (χ1n) is 9.01. The Bertz CT molecular complexity index is 1140. The van der Waals surface area contributed by atoms with E-state index in [0.717, 1.165) is 21.5 Å². The number of carbonyl (C=O) groups is 1. The van der Waals surface area contributed by atoms with Crippen LogP contribution in [0.1, 0.15) is 10.4 Å². The summed E-state index contributed by atoms with van der Waals surface area (Å²) in [6, 6.07) is 24.7. The summed E-state index contributed by atoms with van der Waals surface area (Å²) in [6.45, 7) is 0. The standard InChI is InChI=1S/C23H18BrN3O2/c1-29-18-13-11-16(12-14-18)22-19(15-27(26-22)17-7-3-2-4-8-17)23(28)25-21-10-6-5-9-20(21)24/h2-15H,1H3,(H,25,28). The molecule has 0 fully saturated rings. The van der Waals surface area contributed by atoms with Crippen LogP contribution in [-0.4, -0.2) is 22.8 Å². The third-order valence-corrected chi connectivity index (χ3v) is 5.16. The summed E-state index contributed by atoms with van der Waals surface area (Å²) < 4.78 is 7.77. The van der Waals surface area contributed by atoms with E-state index in [1.165, 1.54) is 0 Å². The number of halogens is 1. The van der Waals surface area contributed by atoms with Crippen molar-refractivity contribution in [3.8, 4) is 22.7 Å². The number of rotatable bonds is 5. The molecular weight excluding hydrogens is 430 g/mol. The number of aromatic nitrogens is 2. The molecule has 3 aromatic carbocycles. The van der Waals surface area contributed by atoms with E-state index >= 15 is 0 Å². The Labute approximate surface area is 177 Å². The summed E-state index contributed by atoms with van der Waals surface area (Å²) >= 11 is 3.47. The van der Waals surface area contributed by atoms with Gasteiger partial charge >= 0.3 is 0 Å². The van der Waals surface area contributed by atoms with Crippen LogP contribution in [0.5, 0.6) is 5.75 Å². The van der Waals surface area contributed by atoms with Gasteiger partial charge in [-0.1, -0.05) is 30.3 Å². The average Bonchev–Trinajstić information content (AvgIpc) is 3.22. The predicted molar refractivity (Wildman–Crippen MR) is 118 cm³/mol. The monoisotopic (exact) mass is 447 g/mol. The van der Waals surface area contributed by atoms with E-state index < -0.39 is 0 Å². The fourth-order valence-corrected chi connectivity index (χ4v) is 3.35. The highest BCUT2D eigenvalue weighted by Gasteiger charge is 2.19. The average molecular weight is 448 g/mol. The van der Waals surface area contributed by atoms with Crippen molar-refractivity contribution in [3.63, 3.8) is 0 Å². The molecule has 0 aliphatic carbocycles. The summed E-state index contributed by atoms with van der Waals surface area (Å²) in [7, 11) is 1.62. The van der Waals surface area contributed by atoms with Crippen LogP contribution in [-0.2, 0) is 0 Å². The number of anilines is 1. The molecule has 6 heteroatoms. The van der Waals surface area contributed by atoms with Crippen molar-refractivity contribution in [1.82, 2.24) is 9.78 Å². The van der Waals surface area contributed by atoms with E-state index in [2.05, 4.69) is 21.2 Å². The normalized spacial score (nSPS) is 10.6. The number of methoxy groups -OCH3 is 1. The molecule has 0 saturated heterocycles. The molecule has 0 aliphatic heterocycles.